The molecule has 1 heterocycles. The van der Waals surface area contributed by atoms with Crippen LogP contribution >= 0.6 is 0 Å². The molecule has 1 amide bonds. The monoisotopic (exact) mass is 521 g/mol. The van der Waals surface area contributed by atoms with E-state index in [0.717, 1.165) is 27.7 Å². The number of nitrogens with zero attached hydrogens (tertiary/aromatic N) is 1. The maximum absolute atomic E-state index is 13.9. The van der Waals surface area contributed by atoms with E-state index in [1.165, 1.54) is 22.2 Å². The Bertz CT molecular complexity index is 1190. The number of carbonyl (C=O) groups is 1. The number of rotatable bonds is 6. The number of carbonyl (C=O) groups excluding carboxylic acids is 1. The Balaban J connectivity index is 1.65. The van der Waals surface area contributed by atoms with Gasteiger partial charge in [-0.3, -0.25) is 0 Å². The van der Waals surface area contributed by atoms with Crippen molar-refractivity contribution in [2.75, 3.05) is 0 Å². The van der Waals surface area contributed by atoms with Gasteiger partial charge in [0.15, 0.2) is 0 Å². The van der Waals surface area contributed by atoms with Crippen LogP contribution in [0.25, 0.3) is 5.70 Å². The van der Waals surface area contributed by atoms with Crippen LogP contribution in [0, 0.1) is 11.2 Å². The molecule has 1 aliphatic rings. The molecule has 1 unspecified atom stereocenters. The third kappa shape index (κ3) is 4.89. The van der Waals surface area contributed by atoms with Crippen LogP contribution < -0.4 is 4.46 Å². The Hall–Kier alpha value is -2.68. The van der Waals surface area contributed by atoms with Gasteiger partial charge in [-0.15, -0.1) is 0 Å². The quantitative estimate of drug-likeness (QED) is 0.347. The van der Waals surface area contributed by atoms with E-state index in [-0.39, 0.29) is 32.1 Å². The molecule has 0 fully saturated rings. The number of hydrogen-bond donors (Lipinski definition) is 0. The molecule has 3 aromatic carbocycles. The molecule has 0 saturated heterocycles. The average Bonchev–Trinajstić information content (AvgIpc) is 3.00. The van der Waals surface area contributed by atoms with Gasteiger partial charge in [-0.25, -0.2) is 0 Å². The van der Waals surface area contributed by atoms with Gasteiger partial charge in [0.05, 0.1) is 0 Å². The molecule has 0 N–H and O–H groups in total. The zero-order valence-corrected chi connectivity index (χ0v) is 22.3. The standard InChI is InChI=1S/C30H32FNOSe/c1-21-27(23-11-15-25(31)16-12-23)32(19-22-9-7-6-8-10-22)28(33)30(21,5)20-34-26-17-13-24(14-18-26)29(2,3)4/h6-18H,19-20H2,1-5H3. The Morgan fingerprint density at radius 1 is 0.912 bits per heavy atom. The van der Waals surface area contributed by atoms with Gasteiger partial charge in [0.2, 0.25) is 0 Å². The molecule has 4 rings (SSSR count). The number of benzene rings is 3. The summed E-state index contributed by atoms with van der Waals surface area (Å²) in [5.41, 5.74) is 4.80. The molecule has 0 bridgehead atoms. The van der Waals surface area contributed by atoms with Crippen LogP contribution in [0.4, 0.5) is 4.39 Å². The van der Waals surface area contributed by atoms with Crippen LogP contribution in [-0.2, 0) is 16.8 Å². The first-order valence-electron chi connectivity index (χ1n) is 11.7. The molecular formula is C30H32FNOSe. The minimum atomic E-state index is -0.582. The van der Waals surface area contributed by atoms with E-state index < -0.39 is 5.41 Å². The molecule has 0 saturated carbocycles. The Kier molecular flexibility index (Phi) is 6.85. The topological polar surface area (TPSA) is 20.3 Å². The molecular weight excluding hydrogens is 488 g/mol. The van der Waals surface area contributed by atoms with Crippen molar-refractivity contribution in [1.82, 2.24) is 4.90 Å². The van der Waals surface area contributed by atoms with Crippen LogP contribution in [0.2, 0.25) is 5.32 Å². The van der Waals surface area contributed by atoms with Crippen LogP contribution in [0.5, 0.6) is 0 Å². The maximum atomic E-state index is 13.9. The van der Waals surface area contributed by atoms with Crippen molar-refractivity contribution in [3.63, 3.8) is 0 Å². The fourth-order valence-electron chi connectivity index (χ4n) is 4.37. The van der Waals surface area contributed by atoms with Crippen LogP contribution in [0.15, 0.2) is 84.4 Å². The summed E-state index contributed by atoms with van der Waals surface area (Å²) in [5, 5.41) is 0.787. The van der Waals surface area contributed by atoms with Crippen molar-refractivity contribution >= 4 is 31.0 Å². The minimum absolute atomic E-state index is 0.125. The van der Waals surface area contributed by atoms with E-state index >= 15 is 0 Å². The average molecular weight is 521 g/mol. The molecule has 0 aromatic heterocycles. The van der Waals surface area contributed by atoms with Gasteiger partial charge in [-0.2, -0.15) is 0 Å². The van der Waals surface area contributed by atoms with E-state index in [4.69, 9.17) is 0 Å². The zero-order chi connectivity index (χ0) is 24.5. The van der Waals surface area contributed by atoms with Crippen molar-refractivity contribution in [1.29, 1.82) is 0 Å². The van der Waals surface area contributed by atoms with Crippen LogP contribution in [-0.4, -0.2) is 25.8 Å². The van der Waals surface area contributed by atoms with Crippen LogP contribution in [0.1, 0.15) is 51.3 Å². The summed E-state index contributed by atoms with van der Waals surface area (Å²) in [5.74, 6) is -0.146. The SMILES string of the molecule is CC1=C(c2ccc(F)cc2)N(Cc2ccccc2)C(=O)C1(C)C[Se]c1ccc(C(C)(C)C)cc1. The van der Waals surface area contributed by atoms with Crippen molar-refractivity contribution < 1.29 is 9.18 Å². The van der Waals surface area contributed by atoms with Gasteiger partial charge in [0.1, 0.15) is 0 Å². The van der Waals surface area contributed by atoms with Gasteiger partial charge in [-0.1, -0.05) is 0 Å². The van der Waals surface area contributed by atoms with E-state index in [2.05, 4.69) is 58.9 Å². The summed E-state index contributed by atoms with van der Waals surface area (Å²) in [6.45, 7) is 11.3. The van der Waals surface area contributed by atoms with Crippen molar-refractivity contribution in [2.45, 2.75) is 51.9 Å². The molecule has 1 aliphatic heterocycles. The molecule has 3 aromatic rings. The van der Waals surface area contributed by atoms with E-state index in [9.17, 15) is 9.18 Å². The van der Waals surface area contributed by atoms with E-state index in [1.54, 1.807) is 12.1 Å². The fourth-order valence-corrected chi connectivity index (χ4v) is 6.73. The second-order valence-electron chi connectivity index (χ2n) is 10.3. The van der Waals surface area contributed by atoms with Gasteiger partial charge in [0.25, 0.3) is 0 Å². The molecule has 0 aliphatic carbocycles. The van der Waals surface area contributed by atoms with Crippen LogP contribution in [0.3, 0.4) is 0 Å². The summed E-state index contributed by atoms with van der Waals surface area (Å²) < 4.78 is 15.0. The van der Waals surface area contributed by atoms with Gasteiger partial charge in [-0.05, 0) is 0 Å². The second kappa shape index (κ2) is 9.52. The zero-order valence-electron chi connectivity index (χ0n) is 20.6. The summed E-state index contributed by atoms with van der Waals surface area (Å²) >= 11 is 0.152. The third-order valence-corrected chi connectivity index (χ3v) is 9.50. The first kappa shape index (κ1) is 24.4. The van der Waals surface area contributed by atoms with Crippen molar-refractivity contribution in [2.24, 2.45) is 5.41 Å². The van der Waals surface area contributed by atoms with Crippen molar-refractivity contribution in [3.05, 3.63) is 107 Å². The molecule has 176 valence electrons. The first-order valence-corrected chi connectivity index (χ1v) is 13.7. The van der Waals surface area contributed by atoms with Gasteiger partial charge < -0.3 is 0 Å². The fraction of sp³-hybridized carbons (Fsp3) is 0.300. The summed E-state index contributed by atoms with van der Waals surface area (Å²) in [7, 11) is 0. The Morgan fingerprint density at radius 2 is 1.53 bits per heavy atom. The number of hydrogen-bond acceptors (Lipinski definition) is 1. The first-order chi connectivity index (χ1) is 16.1. The predicted octanol–water partition coefficient (Wildman–Crippen LogP) is 6.35. The van der Waals surface area contributed by atoms with E-state index in [0.29, 0.717) is 6.54 Å². The Morgan fingerprint density at radius 3 is 2.12 bits per heavy atom. The summed E-state index contributed by atoms with van der Waals surface area (Å²) in [6, 6.07) is 25.4. The molecule has 0 radical (unpaired) electrons. The molecule has 2 nitrogen and oxygen atoms in total. The van der Waals surface area contributed by atoms with Gasteiger partial charge in [0, 0.05) is 0 Å². The normalized spacial score (nSPS) is 18.6. The predicted molar refractivity (Wildman–Crippen MR) is 139 cm³/mol. The van der Waals surface area contributed by atoms with Gasteiger partial charge >= 0.3 is 209 Å². The number of amides is 1. The summed E-state index contributed by atoms with van der Waals surface area (Å²) in [6.07, 6.45) is 0. The summed E-state index contributed by atoms with van der Waals surface area (Å²) in [4.78, 5) is 15.8. The Labute approximate surface area is 209 Å². The molecule has 0 spiro atoms. The third-order valence-electron chi connectivity index (χ3n) is 6.72. The van der Waals surface area contributed by atoms with E-state index in [1.807, 2.05) is 35.2 Å². The molecule has 34 heavy (non-hydrogen) atoms. The molecule has 1 atom stereocenters. The number of halogens is 1. The second-order valence-corrected chi connectivity index (χ2v) is 12.5. The molecule has 4 heteroatoms. The van der Waals surface area contributed by atoms with Crippen molar-refractivity contribution in [3.8, 4) is 0 Å².